The van der Waals surface area contributed by atoms with Crippen LogP contribution in [-0.2, 0) is 11.3 Å². The monoisotopic (exact) mass is 344 g/mol. The van der Waals surface area contributed by atoms with Gasteiger partial charge in [0.15, 0.2) is 0 Å². The van der Waals surface area contributed by atoms with E-state index in [1.54, 1.807) is 23.9 Å². The molecule has 0 radical (unpaired) electrons. The number of morpholine rings is 1. The lowest BCUT2D eigenvalue weighted by molar-refractivity contribution is 0.0332. The van der Waals surface area contributed by atoms with Crippen molar-refractivity contribution in [3.63, 3.8) is 0 Å². The van der Waals surface area contributed by atoms with Gasteiger partial charge in [-0.3, -0.25) is 4.90 Å². The molecule has 3 aromatic rings. The van der Waals surface area contributed by atoms with Crippen LogP contribution >= 0.6 is 0 Å². The number of hydrogen-bond donors (Lipinski definition) is 0. The van der Waals surface area contributed by atoms with Gasteiger partial charge in [-0.25, -0.2) is 18.7 Å². The molecule has 25 heavy (non-hydrogen) atoms. The van der Waals surface area contributed by atoms with E-state index in [1.165, 1.54) is 12.1 Å². The Morgan fingerprint density at radius 1 is 1.16 bits per heavy atom. The summed E-state index contributed by atoms with van der Waals surface area (Å²) in [4.78, 5) is 10.5. The summed E-state index contributed by atoms with van der Waals surface area (Å²) in [6.07, 6.45) is 3.45. The Morgan fingerprint density at radius 2 is 1.88 bits per heavy atom. The normalized spacial score (nSPS) is 15.8. The van der Waals surface area contributed by atoms with Crippen molar-refractivity contribution in [2.24, 2.45) is 0 Å². The Kier molecular flexibility index (Phi) is 4.19. The molecular formula is C18H18F2N4O. The number of ether oxygens (including phenoxy) is 1. The summed E-state index contributed by atoms with van der Waals surface area (Å²) < 4.78 is 36.1. The molecule has 0 spiro atoms. The van der Waals surface area contributed by atoms with Crippen molar-refractivity contribution in [2.45, 2.75) is 13.5 Å². The van der Waals surface area contributed by atoms with Crippen LogP contribution < -0.4 is 0 Å². The first-order chi connectivity index (χ1) is 12.1. The Labute approximate surface area is 143 Å². The molecule has 4 rings (SSSR count). The standard InChI is InChI=1S/C18H18F2N4O/c1-12-21-10-13-2-3-24(18(13)22-12)14-8-16(19)15(17(20)9-14)11-23-4-6-25-7-5-23/h2-3,8-10H,4-7,11H2,1H3. The maximum atomic E-state index is 14.6. The van der Waals surface area contributed by atoms with Crippen molar-refractivity contribution >= 4 is 11.0 Å². The number of rotatable bonds is 3. The van der Waals surface area contributed by atoms with E-state index in [0.29, 0.717) is 43.5 Å². The first-order valence-corrected chi connectivity index (χ1v) is 8.21. The van der Waals surface area contributed by atoms with Crippen LogP contribution in [0.4, 0.5) is 8.78 Å². The first kappa shape index (κ1) is 16.1. The van der Waals surface area contributed by atoms with Crippen molar-refractivity contribution in [1.82, 2.24) is 19.4 Å². The summed E-state index contributed by atoms with van der Waals surface area (Å²) in [5.74, 6) is -0.486. The highest BCUT2D eigenvalue weighted by molar-refractivity contribution is 5.77. The minimum atomic E-state index is -0.547. The quantitative estimate of drug-likeness (QED) is 0.733. The van der Waals surface area contributed by atoms with Gasteiger partial charge in [-0.15, -0.1) is 0 Å². The molecule has 0 unspecified atom stereocenters. The lowest BCUT2D eigenvalue weighted by Gasteiger charge is -2.27. The zero-order valence-corrected chi connectivity index (χ0v) is 13.9. The second-order valence-corrected chi connectivity index (χ2v) is 6.16. The van der Waals surface area contributed by atoms with Crippen molar-refractivity contribution in [3.05, 3.63) is 53.6 Å². The van der Waals surface area contributed by atoms with Crippen LogP contribution in [-0.4, -0.2) is 45.7 Å². The molecule has 1 aromatic carbocycles. The highest BCUT2D eigenvalue weighted by Gasteiger charge is 2.18. The van der Waals surface area contributed by atoms with Gasteiger partial charge in [-0.1, -0.05) is 0 Å². The molecule has 7 heteroatoms. The fraction of sp³-hybridized carbons (Fsp3) is 0.333. The summed E-state index contributed by atoms with van der Waals surface area (Å²) in [7, 11) is 0. The number of fused-ring (bicyclic) bond motifs is 1. The first-order valence-electron chi connectivity index (χ1n) is 8.21. The highest BCUT2D eigenvalue weighted by Crippen LogP contribution is 2.23. The number of hydrogen-bond acceptors (Lipinski definition) is 4. The Balaban J connectivity index is 1.70. The van der Waals surface area contributed by atoms with Crippen LogP contribution in [0.25, 0.3) is 16.7 Å². The van der Waals surface area contributed by atoms with Gasteiger partial charge in [0.2, 0.25) is 0 Å². The summed E-state index contributed by atoms with van der Waals surface area (Å²) >= 11 is 0. The molecule has 1 aliphatic rings. The van der Waals surface area contributed by atoms with Gasteiger partial charge in [0.05, 0.1) is 18.9 Å². The molecule has 0 bridgehead atoms. The average Bonchev–Trinajstić information content (AvgIpc) is 3.02. The van der Waals surface area contributed by atoms with Gasteiger partial charge in [-0.2, -0.15) is 0 Å². The van der Waals surface area contributed by atoms with Gasteiger partial charge in [0.25, 0.3) is 0 Å². The van der Waals surface area contributed by atoms with Crippen LogP contribution in [0.15, 0.2) is 30.6 Å². The van der Waals surface area contributed by atoms with Gasteiger partial charge in [0.1, 0.15) is 23.1 Å². The second-order valence-electron chi connectivity index (χ2n) is 6.16. The number of halogens is 2. The molecule has 5 nitrogen and oxygen atoms in total. The van der Waals surface area contributed by atoms with Crippen molar-refractivity contribution in [3.8, 4) is 5.69 Å². The molecule has 3 heterocycles. The molecular weight excluding hydrogens is 326 g/mol. The van der Waals surface area contributed by atoms with E-state index < -0.39 is 11.6 Å². The zero-order valence-electron chi connectivity index (χ0n) is 13.9. The van der Waals surface area contributed by atoms with E-state index in [1.807, 2.05) is 11.0 Å². The molecule has 0 N–H and O–H groups in total. The van der Waals surface area contributed by atoms with Gasteiger partial charge >= 0.3 is 0 Å². The zero-order chi connectivity index (χ0) is 17.4. The van der Waals surface area contributed by atoms with Gasteiger partial charge in [-0.05, 0) is 25.1 Å². The van der Waals surface area contributed by atoms with E-state index in [4.69, 9.17) is 4.74 Å². The molecule has 1 saturated heterocycles. The Hall–Kier alpha value is -2.38. The van der Waals surface area contributed by atoms with Crippen LogP contribution in [0.3, 0.4) is 0 Å². The molecule has 0 amide bonds. The second kappa shape index (κ2) is 6.50. The van der Waals surface area contributed by atoms with Gasteiger partial charge in [0, 0.05) is 43.0 Å². The van der Waals surface area contributed by atoms with E-state index in [9.17, 15) is 8.78 Å². The Morgan fingerprint density at radius 3 is 2.60 bits per heavy atom. The summed E-state index contributed by atoms with van der Waals surface area (Å²) in [6, 6.07) is 4.54. The summed E-state index contributed by atoms with van der Waals surface area (Å²) in [5.41, 5.74) is 1.13. The third-order valence-electron chi connectivity index (χ3n) is 4.44. The molecule has 0 saturated carbocycles. The fourth-order valence-electron chi connectivity index (χ4n) is 3.07. The third-order valence-corrected chi connectivity index (χ3v) is 4.44. The Bertz CT molecular complexity index is 896. The topological polar surface area (TPSA) is 43.2 Å². The number of benzene rings is 1. The molecule has 1 aliphatic heterocycles. The third kappa shape index (κ3) is 3.12. The van der Waals surface area contributed by atoms with E-state index >= 15 is 0 Å². The SMILES string of the molecule is Cc1ncc2ccn(-c3cc(F)c(CN4CCOCC4)c(F)c3)c2n1. The average molecular weight is 344 g/mol. The van der Waals surface area contributed by atoms with Crippen molar-refractivity contribution < 1.29 is 13.5 Å². The maximum absolute atomic E-state index is 14.6. The van der Waals surface area contributed by atoms with E-state index in [0.717, 1.165) is 5.39 Å². The predicted octanol–water partition coefficient (Wildman–Crippen LogP) is 2.84. The largest absolute Gasteiger partial charge is 0.379 e. The highest BCUT2D eigenvalue weighted by atomic mass is 19.1. The summed E-state index contributed by atoms with van der Waals surface area (Å²) in [5, 5.41) is 0.823. The molecule has 0 aliphatic carbocycles. The van der Waals surface area contributed by atoms with Crippen LogP contribution in [0.2, 0.25) is 0 Å². The number of nitrogens with zero attached hydrogens (tertiary/aromatic N) is 4. The predicted molar refractivity (Wildman–Crippen MR) is 89.6 cm³/mol. The minimum Gasteiger partial charge on any atom is -0.379 e. The molecule has 0 atom stereocenters. The van der Waals surface area contributed by atoms with Crippen LogP contribution in [0.5, 0.6) is 0 Å². The maximum Gasteiger partial charge on any atom is 0.148 e. The fourth-order valence-corrected chi connectivity index (χ4v) is 3.07. The molecule has 2 aromatic heterocycles. The van der Waals surface area contributed by atoms with E-state index in [2.05, 4.69) is 9.97 Å². The van der Waals surface area contributed by atoms with Crippen molar-refractivity contribution in [1.29, 1.82) is 0 Å². The molecule has 1 fully saturated rings. The van der Waals surface area contributed by atoms with Gasteiger partial charge < -0.3 is 9.30 Å². The lowest BCUT2D eigenvalue weighted by Crippen LogP contribution is -2.36. The van der Waals surface area contributed by atoms with Crippen molar-refractivity contribution in [2.75, 3.05) is 26.3 Å². The summed E-state index contributed by atoms with van der Waals surface area (Å²) in [6.45, 7) is 4.57. The number of aromatic nitrogens is 3. The smallest absolute Gasteiger partial charge is 0.148 e. The molecule has 130 valence electrons. The minimum absolute atomic E-state index is 0.0907. The van der Waals surface area contributed by atoms with Crippen LogP contribution in [0, 0.1) is 18.6 Å². The lowest BCUT2D eigenvalue weighted by atomic mass is 10.1. The van der Waals surface area contributed by atoms with Crippen LogP contribution in [0.1, 0.15) is 11.4 Å². The number of aryl methyl sites for hydroxylation is 1. The van der Waals surface area contributed by atoms with E-state index in [-0.39, 0.29) is 12.1 Å².